The second-order valence-corrected chi connectivity index (χ2v) is 10.2. The second kappa shape index (κ2) is 11.4. The SMILES string of the molecule is CCOC(=O)c1cc(C(=O)c2ccc(Br)cc2)n2ccc(-c3cc[n+](CC(=O)c4ccc(Cl)cc4)cc3)cc12. The van der Waals surface area contributed by atoms with Gasteiger partial charge in [-0.15, -0.1) is 0 Å². The molecule has 3 heterocycles. The molecule has 0 radical (unpaired) electrons. The van der Waals surface area contributed by atoms with Crippen molar-refractivity contribution < 1.29 is 23.7 Å². The lowest BCUT2D eigenvalue weighted by Gasteiger charge is -2.07. The van der Waals surface area contributed by atoms with Crippen molar-refractivity contribution in [2.45, 2.75) is 13.5 Å². The highest BCUT2D eigenvalue weighted by molar-refractivity contribution is 9.10. The molecule has 0 aliphatic heterocycles. The van der Waals surface area contributed by atoms with Crippen LogP contribution in [0, 0.1) is 0 Å². The molecule has 0 unspecified atom stereocenters. The second-order valence-electron chi connectivity index (χ2n) is 8.86. The molecule has 0 fully saturated rings. The molecule has 194 valence electrons. The average molecular weight is 603 g/mol. The van der Waals surface area contributed by atoms with Gasteiger partial charge < -0.3 is 9.14 Å². The minimum absolute atomic E-state index is 0.0268. The summed E-state index contributed by atoms with van der Waals surface area (Å²) in [6.07, 6.45) is 5.45. The van der Waals surface area contributed by atoms with Gasteiger partial charge in [0.15, 0.2) is 12.4 Å². The number of Topliss-reactive ketones (excluding diaryl/α,β-unsaturated/α-hetero) is 1. The third kappa shape index (κ3) is 5.70. The molecule has 0 atom stereocenters. The van der Waals surface area contributed by atoms with Gasteiger partial charge in [-0.25, -0.2) is 4.79 Å². The summed E-state index contributed by atoms with van der Waals surface area (Å²) in [7, 11) is 0. The fourth-order valence-electron chi connectivity index (χ4n) is 4.32. The Hall–Kier alpha value is -4.07. The third-order valence-corrected chi connectivity index (χ3v) is 7.10. The van der Waals surface area contributed by atoms with Gasteiger partial charge in [0.1, 0.15) is 0 Å². The van der Waals surface area contributed by atoms with E-state index in [0.29, 0.717) is 32.9 Å². The Balaban J connectivity index is 1.46. The van der Waals surface area contributed by atoms with E-state index in [4.69, 9.17) is 16.3 Å². The number of hydrogen-bond donors (Lipinski definition) is 0. The van der Waals surface area contributed by atoms with Crippen LogP contribution in [0.1, 0.15) is 43.7 Å². The van der Waals surface area contributed by atoms with E-state index in [1.165, 1.54) is 0 Å². The zero-order chi connectivity index (χ0) is 27.5. The molecule has 5 aromatic rings. The molecule has 0 aliphatic rings. The summed E-state index contributed by atoms with van der Waals surface area (Å²) >= 11 is 9.31. The lowest BCUT2D eigenvalue weighted by Crippen LogP contribution is -2.37. The molecule has 8 heteroatoms. The van der Waals surface area contributed by atoms with Crippen LogP contribution in [-0.2, 0) is 11.3 Å². The molecular formula is C31H23BrClN2O4+. The van der Waals surface area contributed by atoms with E-state index in [-0.39, 0.29) is 24.7 Å². The van der Waals surface area contributed by atoms with Crippen molar-refractivity contribution in [2.75, 3.05) is 6.61 Å². The summed E-state index contributed by atoms with van der Waals surface area (Å²) in [5.41, 5.74) is 4.11. The summed E-state index contributed by atoms with van der Waals surface area (Å²) in [6.45, 7) is 2.15. The van der Waals surface area contributed by atoms with E-state index in [0.717, 1.165) is 15.6 Å². The molecule has 0 bridgehead atoms. The van der Waals surface area contributed by atoms with Crippen LogP contribution < -0.4 is 4.57 Å². The topological polar surface area (TPSA) is 68.7 Å². The number of carbonyl (C=O) groups excluding carboxylic acids is 3. The van der Waals surface area contributed by atoms with Crippen molar-refractivity contribution >= 4 is 50.6 Å². The zero-order valence-corrected chi connectivity index (χ0v) is 23.3. The maximum atomic E-state index is 13.3. The number of benzene rings is 2. The van der Waals surface area contributed by atoms with Crippen LogP contribution in [0.15, 0.2) is 102 Å². The summed E-state index contributed by atoms with van der Waals surface area (Å²) in [6, 6.07) is 23.0. The van der Waals surface area contributed by atoms with Gasteiger partial charge in [0, 0.05) is 39.0 Å². The predicted molar refractivity (Wildman–Crippen MR) is 152 cm³/mol. The Kier molecular flexibility index (Phi) is 7.72. The molecule has 0 aliphatic carbocycles. The summed E-state index contributed by atoms with van der Waals surface area (Å²) in [4.78, 5) is 38.8. The highest BCUT2D eigenvalue weighted by Gasteiger charge is 2.22. The fourth-order valence-corrected chi connectivity index (χ4v) is 4.71. The van der Waals surface area contributed by atoms with Crippen molar-refractivity contribution in [1.29, 1.82) is 0 Å². The largest absolute Gasteiger partial charge is 0.462 e. The van der Waals surface area contributed by atoms with Gasteiger partial charge in [-0.1, -0.05) is 27.5 Å². The smallest absolute Gasteiger partial charge is 0.340 e. The lowest BCUT2D eigenvalue weighted by molar-refractivity contribution is -0.683. The predicted octanol–water partition coefficient (Wildman–Crippen LogP) is 6.60. The minimum atomic E-state index is -0.492. The summed E-state index contributed by atoms with van der Waals surface area (Å²) in [5.74, 6) is -0.721. The highest BCUT2D eigenvalue weighted by atomic mass is 79.9. The number of pyridine rings is 2. The summed E-state index contributed by atoms with van der Waals surface area (Å²) < 4.78 is 9.67. The normalized spacial score (nSPS) is 10.9. The summed E-state index contributed by atoms with van der Waals surface area (Å²) in [5, 5.41) is 0.583. The van der Waals surface area contributed by atoms with Crippen LogP contribution in [0.25, 0.3) is 16.6 Å². The van der Waals surface area contributed by atoms with E-state index in [1.54, 1.807) is 76.7 Å². The molecule has 0 spiro atoms. The van der Waals surface area contributed by atoms with Crippen molar-refractivity contribution in [3.8, 4) is 11.1 Å². The van der Waals surface area contributed by atoms with Gasteiger partial charge in [-0.05, 0) is 84.8 Å². The molecular weight excluding hydrogens is 580 g/mol. The molecule has 0 saturated heterocycles. The van der Waals surface area contributed by atoms with E-state index >= 15 is 0 Å². The van der Waals surface area contributed by atoms with Crippen molar-refractivity contribution in [1.82, 2.24) is 4.40 Å². The number of nitrogens with zero attached hydrogens (tertiary/aromatic N) is 2. The van der Waals surface area contributed by atoms with Crippen LogP contribution in [0.2, 0.25) is 5.02 Å². The van der Waals surface area contributed by atoms with Gasteiger partial charge >= 0.3 is 5.97 Å². The first-order chi connectivity index (χ1) is 18.8. The zero-order valence-electron chi connectivity index (χ0n) is 20.9. The minimum Gasteiger partial charge on any atom is -0.462 e. The molecule has 3 aromatic heterocycles. The van der Waals surface area contributed by atoms with Crippen LogP contribution in [0.3, 0.4) is 0 Å². The van der Waals surface area contributed by atoms with Crippen molar-refractivity contribution in [3.05, 3.63) is 129 Å². The first kappa shape index (κ1) is 26.5. The number of esters is 1. The third-order valence-electron chi connectivity index (χ3n) is 6.32. The monoisotopic (exact) mass is 601 g/mol. The molecule has 5 rings (SSSR count). The Bertz CT molecular complexity index is 1690. The van der Waals surface area contributed by atoms with E-state index in [1.807, 2.05) is 36.7 Å². The Labute approximate surface area is 238 Å². The van der Waals surface area contributed by atoms with E-state index in [9.17, 15) is 14.4 Å². The Morgan fingerprint density at radius 1 is 0.872 bits per heavy atom. The fraction of sp³-hybridized carbons (Fsp3) is 0.0968. The number of ether oxygens (including phenoxy) is 1. The Morgan fingerprint density at radius 2 is 1.54 bits per heavy atom. The molecule has 39 heavy (non-hydrogen) atoms. The molecule has 0 N–H and O–H groups in total. The first-order valence-corrected chi connectivity index (χ1v) is 13.4. The number of rotatable bonds is 8. The van der Waals surface area contributed by atoms with E-state index < -0.39 is 5.97 Å². The standard InChI is InChI=1S/C31H23BrClN2O4/c1-2-39-31(38)26-18-28(30(37)22-3-7-24(32)8-4-22)35-16-13-23(17-27(26)35)20-11-14-34(15-12-20)19-29(36)21-5-9-25(33)10-6-21/h3-18H,2,19H2,1H3/q+1. The number of fused-ring (bicyclic) bond motifs is 1. The van der Waals surface area contributed by atoms with Gasteiger partial charge in [-0.2, -0.15) is 4.57 Å². The Morgan fingerprint density at radius 3 is 2.21 bits per heavy atom. The number of carbonyl (C=O) groups is 3. The molecule has 6 nitrogen and oxygen atoms in total. The van der Waals surface area contributed by atoms with Crippen LogP contribution in [-0.4, -0.2) is 28.5 Å². The van der Waals surface area contributed by atoms with Crippen molar-refractivity contribution in [2.24, 2.45) is 0 Å². The van der Waals surface area contributed by atoms with E-state index in [2.05, 4.69) is 15.9 Å². The van der Waals surface area contributed by atoms with Crippen molar-refractivity contribution in [3.63, 3.8) is 0 Å². The number of ketones is 2. The molecule has 0 saturated carbocycles. The number of halogens is 2. The van der Waals surface area contributed by atoms with Gasteiger partial charge in [0.05, 0.1) is 23.4 Å². The maximum Gasteiger partial charge on any atom is 0.340 e. The average Bonchev–Trinajstić information content (AvgIpc) is 3.33. The first-order valence-electron chi connectivity index (χ1n) is 12.2. The maximum absolute atomic E-state index is 13.3. The van der Waals surface area contributed by atoms with Gasteiger partial charge in [-0.3, -0.25) is 9.59 Å². The van der Waals surface area contributed by atoms with Gasteiger partial charge in [0.25, 0.3) is 0 Å². The quantitative estimate of drug-likeness (QED) is 0.114. The highest BCUT2D eigenvalue weighted by Crippen LogP contribution is 2.27. The van der Waals surface area contributed by atoms with Crippen LogP contribution >= 0.6 is 27.5 Å². The number of hydrogen-bond acceptors (Lipinski definition) is 4. The molecule has 0 amide bonds. The van der Waals surface area contributed by atoms with Gasteiger partial charge in [0.2, 0.25) is 18.1 Å². The molecule has 2 aromatic carbocycles. The van der Waals surface area contributed by atoms with Crippen LogP contribution in [0.5, 0.6) is 0 Å². The lowest BCUT2D eigenvalue weighted by atomic mass is 10.1. The number of aromatic nitrogens is 2. The van der Waals surface area contributed by atoms with Crippen LogP contribution in [0.4, 0.5) is 0 Å².